The number of nitrogens with zero attached hydrogens (tertiary/aromatic N) is 1. The van der Waals surface area contributed by atoms with E-state index in [1.807, 2.05) is 0 Å². The van der Waals surface area contributed by atoms with Gasteiger partial charge >= 0.3 is 0 Å². The molecule has 0 bridgehead atoms. The van der Waals surface area contributed by atoms with Crippen LogP contribution in [0.25, 0.3) is 0 Å². The predicted molar refractivity (Wildman–Crippen MR) is 48.3 cm³/mol. The first kappa shape index (κ1) is 11.3. The van der Waals surface area contributed by atoms with E-state index in [4.69, 9.17) is 4.74 Å². The lowest BCUT2D eigenvalue weighted by Crippen LogP contribution is -2.02. The summed E-state index contributed by atoms with van der Waals surface area (Å²) in [7, 11) is 1.29. The van der Waals surface area contributed by atoms with Crippen molar-refractivity contribution >= 4 is 15.9 Å². The Bertz CT molecular complexity index is 333. The molecule has 6 heteroatoms. The summed E-state index contributed by atoms with van der Waals surface area (Å²) >= 11 is 3.02. The summed E-state index contributed by atoms with van der Waals surface area (Å²) in [5.41, 5.74) is -0.414. The lowest BCUT2D eigenvalue weighted by molar-refractivity contribution is 0.143. The normalized spacial score (nSPS) is 10.7. The van der Waals surface area contributed by atoms with E-state index in [1.165, 1.54) is 7.11 Å². The smallest absolute Gasteiger partial charge is 0.280 e. The molecule has 78 valence electrons. The number of methoxy groups -OCH3 is 1. The van der Waals surface area contributed by atoms with E-state index in [2.05, 4.69) is 20.9 Å². The predicted octanol–water partition coefficient (Wildman–Crippen LogP) is 3.06. The zero-order valence-corrected chi connectivity index (χ0v) is 8.82. The van der Waals surface area contributed by atoms with Crippen LogP contribution in [0.2, 0.25) is 0 Å². The van der Waals surface area contributed by atoms with Gasteiger partial charge in [0.1, 0.15) is 11.4 Å². The van der Waals surface area contributed by atoms with Crippen molar-refractivity contribution < 1.29 is 17.9 Å². The number of ether oxygens (including phenoxy) is 1. The molecule has 0 radical (unpaired) electrons. The van der Waals surface area contributed by atoms with Crippen LogP contribution in [0, 0.1) is 5.95 Å². The van der Waals surface area contributed by atoms with E-state index >= 15 is 0 Å². The van der Waals surface area contributed by atoms with Crippen LogP contribution in [-0.4, -0.2) is 12.1 Å². The van der Waals surface area contributed by atoms with Gasteiger partial charge in [0.05, 0.1) is 7.11 Å². The van der Waals surface area contributed by atoms with Crippen LogP contribution in [0.15, 0.2) is 6.07 Å². The molecule has 0 spiro atoms. The van der Waals surface area contributed by atoms with Crippen molar-refractivity contribution in [3.8, 4) is 5.75 Å². The number of pyridine rings is 1. The van der Waals surface area contributed by atoms with Gasteiger partial charge < -0.3 is 4.74 Å². The highest BCUT2D eigenvalue weighted by Crippen LogP contribution is 2.30. The topological polar surface area (TPSA) is 22.1 Å². The zero-order chi connectivity index (χ0) is 10.7. The minimum Gasteiger partial charge on any atom is -0.496 e. The van der Waals surface area contributed by atoms with Crippen molar-refractivity contribution in [3.63, 3.8) is 0 Å². The first-order chi connectivity index (χ1) is 6.60. The van der Waals surface area contributed by atoms with Crippen LogP contribution in [0.1, 0.15) is 17.7 Å². The van der Waals surface area contributed by atoms with E-state index in [1.54, 1.807) is 0 Å². The second-order valence-electron chi connectivity index (χ2n) is 2.45. The molecule has 2 nitrogen and oxygen atoms in total. The molecular weight excluding hydrogens is 263 g/mol. The molecule has 0 atom stereocenters. The summed E-state index contributed by atoms with van der Waals surface area (Å²) in [5, 5.41) is 0.142. The van der Waals surface area contributed by atoms with E-state index < -0.39 is 18.1 Å². The second-order valence-corrected chi connectivity index (χ2v) is 3.01. The monoisotopic (exact) mass is 269 g/mol. The molecule has 0 aliphatic rings. The third kappa shape index (κ3) is 2.17. The van der Waals surface area contributed by atoms with Crippen LogP contribution >= 0.6 is 15.9 Å². The molecule has 0 saturated heterocycles. The number of rotatable bonds is 3. The minimum absolute atomic E-state index is 0.0738. The van der Waals surface area contributed by atoms with E-state index in [0.717, 1.165) is 6.07 Å². The minimum atomic E-state index is -2.81. The molecule has 0 aliphatic carbocycles. The molecule has 0 amide bonds. The first-order valence-corrected chi connectivity index (χ1v) is 4.79. The quantitative estimate of drug-likeness (QED) is 0.622. The molecule has 0 fully saturated rings. The Morgan fingerprint density at radius 2 is 2.21 bits per heavy atom. The van der Waals surface area contributed by atoms with Crippen molar-refractivity contribution in [2.75, 3.05) is 7.11 Å². The van der Waals surface area contributed by atoms with Gasteiger partial charge in [0.15, 0.2) is 0 Å². The maximum atomic E-state index is 12.8. The summed E-state index contributed by atoms with van der Waals surface area (Å²) in [4.78, 5) is 3.13. The van der Waals surface area contributed by atoms with Crippen molar-refractivity contribution in [1.82, 2.24) is 4.98 Å². The Balaban J connectivity index is 3.31. The van der Waals surface area contributed by atoms with Gasteiger partial charge in [0.25, 0.3) is 6.43 Å². The fourth-order valence-electron chi connectivity index (χ4n) is 1.03. The average molecular weight is 270 g/mol. The van der Waals surface area contributed by atoms with Crippen molar-refractivity contribution in [3.05, 3.63) is 23.3 Å². The van der Waals surface area contributed by atoms with Gasteiger partial charge in [-0.15, -0.1) is 0 Å². The Kier molecular flexibility index (Phi) is 3.74. The lowest BCUT2D eigenvalue weighted by atomic mass is 10.2. The van der Waals surface area contributed by atoms with Crippen LogP contribution in [0.4, 0.5) is 13.2 Å². The molecule has 1 rings (SSSR count). The number of halogens is 4. The van der Waals surface area contributed by atoms with Gasteiger partial charge in [-0.05, 0) is 0 Å². The maximum absolute atomic E-state index is 12.8. The molecule has 0 aliphatic heterocycles. The highest BCUT2D eigenvalue weighted by atomic mass is 79.9. The highest BCUT2D eigenvalue weighted by molar-refractivity contribution is 9.08. The van der Waals surface area contributed by atoms with Gasteiger partial charge in [0.2, 0.25) is 5.95 Å². The fraction of sp³-hybridized carbons (Fsp3) is 0.375. The van der Waals surface area contributed by atoms with Crippen LogP contribution < -0.4 is 4.74 Å². The highest BCUT2D eigenvalue weighted by Gasteiger charge is 2.19. The maximum Gasteiger partial charge on any atom is 0.280 e. The van der Waals surface area contributed by atoms with Crippen LogP contribution in [-0.2, 0) is 5.33 Å². The zero-order valence-electron chi connectivity index (χ0n) is 7.23. The molecule has 1 aromatic rings. The summed E-state index contributed by atoms with van der Waals surface area (Å²) in [6.45, 7) is 0. The molecule has 0 aromatic carbocycles. The van der Waals surface area contributed by atoms with Crippen molar-refractivity contribution in [1.29, 1.82) is 0 Å². The molecule has 14 heavy (non-hydrogen) atoms. The summed E-state index contributed by atoms with van der Waals surface area (Å²) in [5.74, 6) is -0.897. The third-order valence-electron chi connectivity index (χ3n) is 1.64. The first-order valence-electron chi connectivity index (χ1n) is 3.67. The molecule has 0 unspecified atom stereocenters. The molecule has 1 heterocycles. The van der Waals surface area contributed by atoms with E-state index in [0.29, 0.717) is 0 Å². The average Bonchev–Trinajstić information content (AvgIpc) is 2.16. The number of alkyl halides is 3. The second kappa shape index (κ2) is 4.63. The van der Waals surface area contributed by atoms with Crippen LogP contribution in [0.3, 0.4) is 0 Å². The van der Waals surface area contributed by atoms with Crippen molar-refractivity contribution in [2.24, 2.45) is 0 Å². The lowest BCUT2D eigenvalue weighted by Gasteiger charge is -2.10. The number of aromatic nitrogens is 1. The van der Waals surface area contributed by atoms with Crippen LogP contribution in [0.5, 0.6) is 5.75 Å². The van der Waals surface area contributed by atoms with Crippen molar-refractivity contribution in [2.45, 2.75) is 11.8 Å². The largest absolute Gasteiger partial charge is 0.496 e. The third-order valence-corrected chi connectivity index (χ3v) is 2.21. The molecular formula is C8H7BrF3NO. The van der Waals surface area contributed by atoms with Gasteiger partial charge in [-0.25, -0.2) is 13.8 Å². The van der Waals surface area contributed by atoms with E-state index in [-0.39, 0.29) is 16.6 Å². The summed E-state index contributed by atoms with van der Waals surface area (Å²) in [6.07, 6.45) is -2.81. The molecule has 1 aromatic heterocycles. The van der Waals surface area contributed by atoms with Gasteiger partial charge in [-0.2, -0.15) is 4.39 Å². The SMILES string of the molecule is COc1cc(F)nc(C(F)F)c1CBr. The molecule has 0 N–H and O–H groups in total. The Morgan fingerprint density at radius 3 is 2.64 bits per heavy atom. The van der Waals surface area contributed by atoms with Gasteiger partial charge in [-0.3, -0.25) is 0 Å². The molecule has 0 saturated carbocycles. The fourth-order valence-corrected chi connectivity index (χ4v) is 1.60. The Morgan fingerprint density at radius 1 is 1.57 bits per heavy atom. The summed E-state index contributed by atoms with van der Waals surface area (Å²) in [6, 6.07) is 0.975. The Labute approximate surface area is 87.2 Å². The standard InChI is InChI=1S/C8H7BrF3NO/c1-14-5-2-6(10)13-7(8(11)12)4(5)3-9/h2,8H,3H2,1H3. The Hall–Kier alpha value is -0.780. The van der Waals surface area contributed by atoms with Gasteiger partial charge in [0, 0.05) is 17.0 Å². The number of hydrogen-bond donors (Lipinski definition) is 0. The van der Waals surface area contributed by atoms with E-state index in [9.17, 15) is 13.2 Å². The van der Waals surface area contributed by atoms with Gasteiger partial charge in [-0.1, -0.05) is 15.9 Å². The number of hydrogen-bond acceptors (Lipinski definition) is 2. The summed E-state index contributed by atoms with van der Waals surface area (Å²) < 4.78 is 42.3.